The summed E-state index contributed by atoms with van der Waals surface area (Å²) in [6.07, 6.45) is 2.11. The van der Waals surface area contributed by atoms with Crippen molar-refractivity contribution in [3.8, 4) is 0 Å². The molecule has 2 aromatic heterocycles. The molecule has 2 atom stereocenters. The number of anilines is 1. The summed E-state index contributed by atoms with van der Waals surface area (Å²) in [5.74, 6) is 0.479. The quantitative estimate of drug-likeness (QED) is 0.439. The molecule has 0 radical (unpaired) electrons. The predicted octanol–water partition coefficient (Wildman–Crippen LogP) is 5.63. The Morgan fingerprint density at radius 3 is 2.46 bits per heavy atom. The zero-order valence-corrected chi connectivity index (χ0v) is 15.8. The topological polar surface area (TPSA) is 75.6 Å². The predicted molar refractivity (Wildman–Crippen MR) is 103 cm³/mol. The third-order valence-corrected chi connectivity index (χ3v) is 4.53. The number of rotatable bonds is 7. The normalized spacial score (nSPS) is 13.3. The van der Waals surface area contributed by atoms with Crippen LogP contribution in [0.3, 0.4) is 0 Å². The van der Waals surface area contributed by atoms with E-state index in [0.717, 1.165) is 5.76 Å². The SMILES string of the molecule is O=C(O)C(Nc1cc(Cl)cc(Cl)c1)c1ccc(C(S)Cc2ccco2)o1. The molecule has 0 spiro atoms. The second kappa shape index (κ2) is 8.12. The van der Waals surface area contributed by atoms with Crippen LogP contribution in [-0.4, -0.2) is 11.1 Å². The molecule has 2 N–H and O–H groups in total. The zero-order valence-electron chi connectivity index (χ0n) is 13.4. The fraction of sp³-hybridized carbons (Fsp3) is 0.167. The number of nitrogens with one attached hydrogen (secondary N) is 1. The van der Waals surface area contributed by atoms with Crippen molar-refractivity contribution in [1.29, 1.82) is 0 Å². The van der Waals surface area contributed by atoms with Crippen LogP contribution in [0.2, 0.25) is 10.0 Å². The van der Waals surface area contributed by atoms with Gasteiger partial charge in [0.2, 0.25) is 0 Å². The minimum absolute atomic E-state index is 0.252. The lowest BCUT2D eigenvalue weighted by Crippen LogP contribution is -2.20. The number of halogens is 2. The molecular formula is C18H15Cl2NO4S. The molecule has 26 heavy (non-hydrogen) atoms. The molecule has 0 amide bonds. The van der Waals surface area contributed by atoms with Crippen LogP contribution in [0.5, 0.6) is 0 Å². The number of benzene rings is 1. The Bertz CT molecular complexity index is 874. The lowest BCUT2D eigenvalue weighted by Gasteiger charge is -2.14. The number of furan rings is 2. The third kappa shape index (κ3) is 4.58. The minimum atomic E-state index is -1.09. The second-order valence-corrected chi connectivity index (χ2v) is 7.11. The maximum absolute atomic E-state index is 11.7. The van der Waals surface area contributed by atoms with Crippen LogP contribution in [0.15, 0.2) is 57.6 Å². The molecule has 2 heterocycles. The summed E-state index contributed by atoms with van der Waals surface area (Å²) in [6, 6.07) is 10.6. The van der Waals surface area contributed by atoms with E-state index in [4.69, 9.17) is 32.0 Å². The fourth-order valence-electron chi connectivity index (χ4n) is 2.48. The summed E-state index contributed by atoms with van der Waals surface area (Å²) in [7, 11) is 0. The number of hydrogen-bond donors (Lipinski definition) is 3. The smallest absolute Gasteiger partial charge is 0.334 e. The van der Waals surface area contributed by atoms with E-state index >= 15 is 0 Å². The summed E-state index contributed by atoms with van der Waals surface area (Å²) < 4.78 is 11.0. The molecule has 3 rings (SSSR count). The summed E-state index contributed by atoms with van der Waals surface area (Å²) in [6.45, 7) is 0. The van der Waals surface area contributed by atoms with Crippen LogP contribution in [0, 0.1) is 0 Å². The Kier molecular flexibility index (Phi) is 5.86. The van der Waals surface area contributed by atoms with Gasteiger partial charge >= 0.3 is 5.97 Å². The second-order valence-electron chi connectivity index (χ2n) is 5.61. The molecule has 0 saturated carbocycles. The van der Waals surface area contributed by atoms with Gasteiger partial charge in [-0.15, -0.1) is 0 Å². The van der Waals surface area contributed by atoms with Gasteiger partial charge in [-0.3, -0.25) is 0 Å². The van der Waals surface area contributed by atoms with Crippen molar-refractivity contribution in [3.63, 3.8) is 0 Å². The van der Waals surface area contributed by atoms with Gasteiger partial charge in [0.1, 0.15) is 17.3 Å². The van der Waals surface area contributed by atoms with Crippen LogP contribution < -0.4 is 5.32 Å². The number of carboxylic acids is 1. The number of carboxylic acid groups (broad SMARTS) is 1. The monoisotopic (exact) mass is 411 g/mol. The number of hydrogen-bond acceptors (Lipinski definition) is 5. The van der Waals surface area contributed by atoms with E-state index in [2.05, 4.69) is 17.9 Å². The molecule has 0 aliphatic carbocycles. The Balaban J connectivity index is 1.78. The maximum atomic E-state index is 11.7. The van der Waals surface area contributed by atoms with Crippen LogP contribution in [-0.2, 0) is 11.2 Å². The van der Waals surface area contributed by atoms with Crippen molar-refractivity contribution in [2.45, 2.75) is 17.7 Å². The highest BCUT2D eigenvalue weighted by Crippen LogP contribution is 2.31. The van der Waals surface area contributed by atoms with Gasteiger partial charge in [-0.25, -0.2) is 4.79 Å². The van der Waals surface area contributed by atoms with Gasteiger partial charge < -0.3 is 19.3 Å². The van der Waals surface area contributed by atoms with Gasteiger partial charge in [0, 0.05) is 22.2 Å². The van der Waals surface area contributed by atoms with Crippen molar-refractivity contribution in [3.05, 3.63) is 76.1 Å². The van der Waals surface area contributed by atoms with Gasteiger partial charge in [0.05, 0.1) is 11.5 Å². The van der Waals surface area contributed by atoms with E-state index in [1.54, 1.807) is 42.7 Å². The van der Waals surface area contributed by atoms with E-state index < -0.39 is 12.0 Å². The summed E-state index contributed by atoms with van der Waals surface area (Å²) in [5.41, 5.74) is 0.478. The average molecular weight is 412 g/mol. The van der Waals surface area contributed by atoms with Gasteiger partial charge in [0.25, 0.3) is 0 Å². The first-order valence-electron chi connectivity index (χ1n) is 7.68. The van der Waals surface area contributed by atoms with Gasteiger partial charge in [0.15, 0.2) is 6.04 Å². The maximum Gasteiger partial charge on any atom is 0.334 e. The van der Waals surface area contributed by atoms with Crippen LogP contribution in [0.25, 0.3) is 0 Å². The van der Waals surface area contributed by atoms with Crippen molar-refractivity contribution in [1.82, 2.24) is 0 Å². The highest BCUT2D eigenvalue weighted by atomic mass is 35.5. The summed E-state index contributed by atoms with van der Waals surface area (Å²) >= 11 is 16.4. The summed E-state index contributed by atoms with van der Waals surface area (Å²) in [4.78, 5) is 11.7. The molecule has 3 aromatic rings. The van der Waals surface area contributed by atoms with Gasteiger partial charge in [-0.2, -0.15) is 12.6 Å². The Labute approximate surface area is 165 Å². The van der Waals surface area contributed by atoms with Crippen molar-refractivity contribution in [2.24, 2.45) is 0 Å². The third-order valence-electron chi connectivity index (χ3n) is 3.66. The highest BCUT2D eigenvalue weighted by Gasteiger charge is 2.25. The van der Waals surface area contributed by atoms with Crippen LogP contribution in [0.1, 0.15) is 28.6 Å². The number of aliphatic carboxylic acids is 1. The van der Waals surface area contributed by atoms with Gasteiger partial charge in [-0.05, 0) is 42.5 Å². The summed E-state index contributed by atoms with van der Waals surface area (Å²) in [5, 5.41) is 13.0. The molecular weight excluding hydrogens is 397 g/mol. The lowest BCUT2D eigenvalue weighted by molar-refractivity contribution is -0.138. The van der Waals surface area contributed by atoms with Crippen molar-refractivity contribution < 1.29 is 18.7 Å². The van der Waals surface area contributed by atoms with Crippen LogP contribution >= 0.6 is 35.8 Å². The lowest BCUT2D eigenvalue weighted by atomic mass is 10.2. The number of thiol groups is 1. The van der Waals surface area contributed by atoms with Crippen LogP contribution in [0.4, 0.5) is 5.69 Å². The first kappa shape index (κ1) is 18.8. The fourth-order valence-corrected chi connectivity index (χ4v) is 3.33. The Hall–Kier alpha value is -2.02. The van der Waals surface area contributed by atoms with E-state index in [1.165, 1.54) is 0 Å². The molecule has 2 unspecified atom stereocenters. The average Bonchev–Trinajstić information content (AvgIpc) is 3.22. The zero-order chi connectivity index (χ0) is 18.7. The molecule has 0 fully saturated rings. The molecule has 0 aliphatic rings. The Morgan fingerprint density at radius 2 is 1.85 bits per heavy atom. The van der Waals surface area contributed by atoms with Crippen molar-refractivity contribution >= 4 is 47.5 Å². The van der Waals surface area contributed by atoms with E-state index in [0.29, 0.717) is 27.9 Å². The van der Waals surface area contributed by atoms with E-state index in [1.807, 2.05) is 6.07 Å². The largest absolute Gasteiger partial charge is 0.479 e. The molecule has 8 heteroatoms. The van der Waals surface area contributed by atoms with E-state index in [9.17, 15) is 9.90 Å². The standard InChI is InChI=1S/C18H15Cl2NO4S/c19-10-6-11(20)8-12(7-10)21-17(18(22)23)15-4-3-14(25-15)16(26)9-13-2-1-5-24-13/h1-8,16-17,21,26H,9H2,(H,22,23). The highest BCUT2D eigenvalue weighted by molar-refractivity contribution is 7.80. The van der Waals surface area contributed by atoms with Crippen molar-refractivity contribution in [2.75, 3.05) is 5.32 Å². The Morgan fingerprint density at radius 1 is 1.15 bits per heavy atom. The molecule has 136 valence electrons. The molecule has 0 saturated heterocycles. The minimum Gasteiger partial charge on any atom is -0.479 e. The molecule has 0 bridgehead atoms. The molecule has 0 aliphatic heterocycles. The van der Waals surface area contributed by atoms with E-state index in [-0.39, 0.29) is 11.0 Å². The first-order valence-corrected chi connectivity index (χ1v) is 8.95. The number of carbonyl (C=O) groups is 1. The molecule has 5 nitrogen and oxygen atoms in total. The molecule has 1 aromatic carbocycles. The van der Waals surface area contributed by atoms with Gasteiger partial charge in [-0.1, -0.05) is 23.2 Å². The first-order chi connectivity index (χ1) is 12.4.